The van der Waals surface area contributed by atoms with Crippen molar-refractivity contribution in [3.8, 4) is 5.75 Å². The van der Waals surface area contributed by atoms with E-state index in [0.717, 1.165) is 5.56 Å². The lowest BCUT2D eigenvalue weighted by Gasteiger charge is -2.17. The van der Waals surface area contributed by atoms with Crippen LogP contribution in [0.25, 0.3) is 11.5 Å². The van der Waals surface area contributed by atoms with Crippen molar-refractivity contribution in [1.82, 2.24) is 0 Å². The van der Waals surface area contributed by atoms with Gasteiger partial charge in [0.15, 0.2) is 17.4 Å². The highest BCUT2D eigenvalue weighted by Crippen LogP contribution is 2.22. The molecule has 0 saturated carbocycles. The molecule has 0 spiro atoms. The van der Waals surface area contributed by atoms with Crippen LogP contribution < -0.4 is 19.7 Å². The molecule has 0 atom stereocenters. The van der Waals surface area contributed by atoms with E-state index in [1.165, 1.54) is 24.3 Å². The molecule has 32 heavy (non-hydrogen) atoms. The quantitative estimate of drug-likeness (QED) is 0.146. The summed E-state index contributed by atoms with van der Waals surface area (Å²) < 4.78 is 6.90. The Labute approximate surface area is 191 Å². The van der Waals surface area contributed by atoms with Gasteiger partial charge < -0.3 is 15.2 Å². The van der Waals surface area contributed by atoms with Crippen LogP contribution in [0.1, 0.15) is 30.9 Å². The number of benzene rings is 2. The molecule has 0 fully saturated rings. The van der Waals surface area contributed by atoms with Crippen molar-refractivity contribution >= 4 is 40.0 Å². The van der Waals surface area contributed by atoms with Gasteiger partial charge in [0, 0.05) is 36.0 Å². The topological polar surface area (TPSA) is 91.3 Å². The second-order valence-electron chi connectivity index (χ2n) is 7.36. The molecular formula is C24H23N3O4S. The largest absolute Gasteiger partial charge is 0.867 e. The summed E-state index contributed by atoms with van der Waals surface area (Å²) in [6, 6.07) is 16.5. The molecule has 1 N–H and O–H groups in total. The number of nitrogens with one attached hydrogen (secondary N) is 1. The molecule has 0 radical (unpaired) electrons. The van der Waals surface area contributed by atoms with Gasteiger partial charge in [0.2, 0.25) is 5.70 Å². The van der Waals surface area contributed by atoms with Gasteiger partial charge >= 0.3 is 0 Å². The summed E-state index contributed by atoms with van der Waals surface area (Å²) >= 11 is 5.61. The summed E-state index contributed by atoms with van der Waals surface area (Å²) in [6.07, 6.45) is 3.57. The van der Waals surface area contributed by atoms with E-state index < -0.39 is 4.92 Å². The van der Waals surface area contributed by atoms with E-state index >= 15 is 0 Å². The van der Waals surface area contributed by atoms with Crippen molar-refractivity contribution in [2.75, 3.05) is 12.4 Å². The zero-order valence-corrected chi connectivity index (χ0v) is 18.8. The average molecular weight is 450 g/mol. The lowest BCUT2D eigenvalue weighted by molar-refractivity contribution is -0.577. The third-order valence-corrected chi connectivity index (χ3v) is 5.17. The molecule has 3 aromatic rings. The molecule has 0 aliphatic rings. The number of nitro groups is 1. The van der Waals surface area contributed by atoms with Gasteiger partial charge in [-0.2, -0.15) is 4.57 Å². The summed E-state index contributed by atoms with van der Waals surface area (Å²) in [4.78, 5) is 10.7. The fraction of sp³-hybridized carbons (Fsp3) is 0.167. The Morgan fingerprint density at radius 2 is 1.75 bits per heavy atom. The number of anilines is 1. The standard InChI is InChI=1S/C24H23N3O4S/c1-16(2)17-11-13-26(14-12-17)22(23(28)18-7-9-20(10-8-18)27(29)30)24(32)25-19-5-4-6-21(15-19)31-3/h4-16H,1-3H3,(H-,25,28,32). The molecule has 7 nitrogen and oxygen atoms in total. The van der Waals surface area contributed by atoms with Crippen molar-refractivity contribution in [2.45, 2.75) is 19.8 Å². The third-order valence-electron chi connectivity index (χ3n) is 4.88. The second kappa shape index (κ2) is 10.0. The summed E-state index contributed by atoms with van der Waals surface area (Å²) in [5.41, 5.74) is 2.22. The highest BCUT2D eigenvalue weighted by Gasteiger charge is 2.20. The molecule has 1 heterocycles. The molecule has 3 rings (SSSR count). The summed E-state index contributed by atoms with van der Waals surface area (Å²) in [5.74, 6) is 0.623. The fourth-order valence-electron chi connectivity index (χ4n) is 3.07. The Bertz CT molecular complexity index is 1160. The van der Waals surface area contributed by atoms with E-state index in [9.17, 15) is 15.2 Å². The van der Waals surface area contributed by atoms with Crippen molar-refractivity contribution in [3.63, 3.8) is 0 Å². The van der Waals surface area contributed by atoms with Gasteiger partial charge in [0.1, 0.15) is 5.75 Å². The zero-order valence-electron chi connectivity index (χ0n) is 17.9. The number of nitro benzene ring substituents is 1. The minimum atomic E-state index is -0.507. The summed E-state index contributed by atoms with van der Waals surface area (Å²) in [6.45, 7) is 4.17. The highest BCUT2D eigenvalue weighted by atomic mass is 32.1. The first-order valence-electron chi connectivity index (χ1n) is 9.93. The van der Waals surface area contributed by atoms with Crippen molar-refractivity contribution in [3.05, 3.63) is 94.3 Å². The van der Waals surface area contributed by atoms with Crippen LogP contribution in [0.2, 0.25) is 0 Å². The van der Waals surface area contributed by atoms with Crippen LogP contribution in [0.4, 0.5) is 11.4 Å². The maximum absolute atomic E-state index is 13.4. The molecule has 1 aromatic heterocycles. The first kappa shape index (κ1) is 22.9. The minimum absolute atomic E-state index is 0.0888. The number of pyridine rings is 1. The van der Waals surface area contributed by atoms with Crippen LogP contribution in [0.3, 0.4) is 0 Å². The molecule has 0 bridgehead atoms. The Kier molecular flexibility index (Phi) is 7.17. The van der Waals surface area contributed by atoms with Crippen molar-refractivity contribution in [2.24, 2.45) is 0 Å². The lowest BCUT2D eigenvalue weighted by atomic mass is 10.1. The first-order chi connectivity index (χ1) is 15.3. The van der Waals surface area contributed by atoms with Crippen LogP contribution in [0.5, 0.6) is 5.75 Å². The van der Waals surface area contributed by atoms with E-state index in [2.05, 4.69) is 19.2 Å². The van der Waals surface area contributed by atoms with E-state index in [0.29, 0.717) is 22.9 Å². The van der Waals surface area contributed by atoms with Crippen molar-refractivity contribution < 1.29 is 19.3 Å². The molecule has 0 amide bonds. The van der Waals surface area contributed by atoms with E-state index in [1.54, 1.807) is 36.2 Å². The number of hydrogen-bond acceptors (Lipinski definition) is 5. The van der Waals surface area contributed by atoms with Gasteiger partial charge in [-0.25, -0.2) is 0 Å². The number of thiocarbonyl (C=S) groups is 1. The lowest BCUT2D eigenvalue weighted by Crippen LogP contribution is -2.40. The molecule has 8 heteroatoms. The Morgan fingerprint density at radius 1 is 1.09 bits per heavy atom. The monoisotopic (exact) mass is 449 g/mol. The van der Waals surface area contributed by atoms with Gasteiger partial charge in [-0.1, -0.05) is 32.1 Å². The summed E-state index contributed by atoms with van der Waals surface area (Å²) in [7, 11) is 1.57. The van der Waals surface area contributed by atoms with Gasteiger partial charge in [0.05, 0.1) is 12.0 Å². The molecular weight excluding hydrogens is 426 g/mol. The number of hydrogen-bond donors (Lipinski definition) is 1. The molecule has 164 valence electrons. The van der Waals surface area contributed by atoms with Gasteiger partial charge in [0.25, 0.3) is 5.69 Å². The van der Waals surface area contributed by atoms with Crippen LogP contribution >= 0.6 is 12.2 Å². The molecule has 0 aliphatic carbocycles. The molecule has 0 unspecified atom stereocenters. The molecule has 2 aromatic carbocycles. The number of nitrogens with zero attached hydrogens (tertiary/aromatic N) is 2. The molecule has 0 aliphatic heterocycles. The van der Waals surface area contributed by atoms with E-state index in [4.69, 9.17) is 17.0 Å². The minimum Gasteiger partial charge on any atom is -0.867 e. The van der Waals surface area contributed by atoms with Crippen molar-refractivity contribution in [1.29, 1.82) is 0 Å². The smallest absolute Gasteiger partial charge is 0.269 e. The van der Waals surface area contributed by atoms with Gasteiger partial charge in [-0.05, 0) is 47.1 Å². The predicted molar refractivity (Wildman–Crippen MR) is 126 cm³/mol. The van der Waals surface area contributed by atoms with Gasteiger partial charge in [-0.3, -0.25) is 10.1 Å². The SMILES string of the molecule is COc1cccc(NC(=S)C(=C([O-])c2ccc([N+](=O)[O-])cc2)[n+]2ccc(C(C)C)cc2)c1. The number of rotatable bonds is 7. The Hall–Kier alpha value is -3.78. The van der Waals surface area contributed by atoms with Crippen LogP contribution in [-0.4, -0.2) is 17.0 Å². The van der Waals surface area contributed by atoms with Crippen LogP contribution in [0.15, 0.2) is 73.1 Å². The maximum atomic E-state index is 13.4. The second-order valence-corrected chi connectivity index (χ2v) is 7.77. The summed E-state index contributed by atoms with van der Waals surface area (Å²) in [5, 5.41) is 27.5. The number of non-ortho nitro benzene ring substituents is 1. The number of aromatic nitrogens is 1. The Morgan fingerprint density at radius 3 is 2.31 bits per heavy atom. The van der Waals surface area contributed by atoms with Gasteiger partial charge in [-0.15, -0.1) is 0 Å². The highest BCUT2D eigenvalue weighted by molar-refractivity contribution is 7.81. The fourth-order valence-corrected chi connectivity index (χ4v) is 3.39. The predicted octanol–water partition coefficient (Wildman–Crippen LogP) is 4.14. The normalized spacial score (nSPS) is 11.6. The van der Waals surface area contributed by atoms with Crippen LogP contribution in [0, 0.1) is 10.1 Å². The van der Waals surface area contributed by atoms with E-state index in [1.807, 2.05) is 24.3 Å². The number of methoxy groups -OCH3 is 1. The average Bonchev–Trinajstić information content (AvgIpc) is 2.79. The molecule has 0 saturated heterocycles. The zero-order chi connectivity index (χ0) is 23.3. The van der Waals surface area contributed by atoms with E-state index in [-0.39, 0.29) is 22.1 Å². The Balaban J connectivity index is 2.06. The third kappa shape index (κ3) is 5.28. The first-order valence-corrected chi connectivity index (χ1v) is 10.3. The maximum Gasteiger partial charge on any atom is 0.269 e. The van der Waals surface area contributed by atoms with Crippen LogP contribution in [-0.2, 0) is 0 Å². The number of ether oxygens (including phenoxy) is 1.